The summed E-state index contributed by atoms with van der Waals surface area (Å²) in [5.41, 5.74) is 2.28. The molecule has 1 aromatic carbocycles. The Bertz CT molecular complexity index is 938. The van der Waals surface area contributed by atoms with Crippen molar-refractivity contribution in [1.29, 1.82) is 0 Å². The van der Waals surface area contributed by atoms with Gasteiger partial charge in [-0.2, -0.15) is 0 Å². The molecule has 29 heavy (non-hydrogen) atoms. The first-order valence-corrected chi connectivity index (χ1v) is 10.2. The van der Waals surface area contributed by atoms with Crippen LogP contribution < -0.4 is 5.32 Å². The molecule has 152 valence electrons. The van der Waals surface area contributed by atoms with Crippen LogP contribution in [0, 0.1) is 6.92 Å². The fourth-order valence-corrected chi connectivity index (χ4v) is 3.63. The van der Waals surface area contributed by atoms with E-state index in [1.807, 2.05) is 38.1 Å². The highest BCUT2D eigenvalue weighted by Crippen LogP contribution is 2.19. The number of nitrogens with zero attached hydrogens (tertiary/aromatic N) is 3. The van der Waals surface area contributed by atoms with Crippen LogP contribution in [-0.2, 0) is 27.3 Å². The van der Waals surface area contributed by atoms with Crippen molar-refractivity contribution in [2.45, 2.75) is 39.7 Å². The molecular formula is C20H22N4O4S. The molecule has 0 aliphatic carbocycles. The van der Waals surface area contributed by atoms with Gasteiger partial charge in [0.1, 0.15) is 5.01 Å². The molecule has 0 radical (unpaired) electrons. The average Bonchev–Trinajstić information content (AvgIpc) is 3.21. The van der Waals surface area contributed by atoms with Gasteiger partial charge in [-0.1, -0.05) is 31.0 Å². The summed E-state index contributed by atoms with van der Waals surface area (Å²) in [5, 5.41) is 5.06. The van der Waals surface area contributed by atoms with Crippen LogP contribution in [0.2, 0.25) is 0 Å². The van der Waals surface area contributed by atoms with Crippen molar-refractivity contribution >= 4 is 40.8 Å². The minimum atomic E-state index is -0.835. The van der Waals surface area contributed by atoms with Gasteiger partial charge in [-0.25, -0.2) is 14.7 Å². The van der Waals surface area contributed by atoms with Gasteiger partial charge in [0.15, 0.2) is 0 Å². The van der Waals surface area contributed by atoms with Crippen molar-refractivity contribution in [2.75, 3.05) is 11.9 Å². The van der Waals surface area contributed by atoms with Gasteiger partial charge >= 0.3 is 17.8 Å². The normalized spacial score (nSPS) is 14.1. The van der Waals surface area contributed by atoms with E-state index in [1.54, 1.807) is 5.38 Å². The SMILES string of the molecule is CCCCN1C(=O)C(=O)N(Cc2csc(CC(=O)Nc3ccc(C)cc3)n2)C1=O. The van der Waals surface area contributed by atoms with E-state index >= 15 is 0 Å². The quantitative estimate of drug-likeness (QED) is 0.529. The number of amides is 5. The zero-order valence-corrected chi connectivity index (χ0v) is 17.1. The number of urea groups is 1. The maximum atomic E-state index is 12.4. The van der Waals surface area contributed by atoms with Crippen LogP contribution in [0.4, 0.5) is 10.5 Å². The number of nitrogens with one attached hydrogen (secondary N) is 1. The van der Waals surface area contributed by atoms with E-state index < -0.39 is 17.8 Å². The summed E-state index contributed by atoms with van der Waals surface area (Å²) in [6.07, 6.45) is 1.54. The van der Waals surface area contributed by atoms with Crippen LogP contribution in [0.1, 0.15) is 36.0 Å². The molecule has 1 aromatic heterocycles. The first-order chi connectivity index (χ1) is 13.9. The minimum absolute atomic E-state index is 0.0812. The van der Waals surface area contributed by atoms with E-state index in [0.29, 0.717) is 22.8 Å². The van der Waals surface area contributed by atoms with Crippen molar-refractivity contribution < 1.29 is 19.2 Å². The van der Waals surface area contributed by atoms with Crippen molar-refractivity contribution in [2.24, 2.45) is 0 Å². The molecule has 1 fully saturated rings. The number of aryl methyl sites for hydroxylation is 1. The number of carbonyl (C=O) groups excluding carboxylic acids is 4. The summed E-state index contributed by atoms with van der Waals surface area (Å²) < 4.78 is 0. The molecule has 0 saturated carbocycles. The van der Waals surface area contributed by atoms with Gasteiger partial charge in [0.25, 0.3) is 0 Å². The second kappa shape index (κ2) is 8.95. The number of anilines is 1. The molecular weight excluding hydrogens is 392 g/mol. The third kappa shape index (κ3) is 4.86. The van der Waals surface area contributed by atoms with Gasteiger partial charge in [-0.05, 0) is 25.5 Å². The third-order valence-electron chi connectivity index (χ3n) is 4.44. The van der Waals surface area contributed by atoms with Crippen LogP contribution in [0.25, 0.3) is 0 Å². The van der Waals surface area contributed by atoms with Crippen molar-refractivity contribution in [3.05, 3.63) is 45.9 Å². The van der Waals surface area contributed by atoms with Crippen LogP contribution in [0.5, 0.6) is 0 Å². The maximum Gasteiger partial charge on any atom is 0.334 e. The second-order valence-corrected chi connectivity index (χ2v) is 7.75. The minimum Gasteiger partial charge on any atom is -0.326 e. The Balaban J connectivity index is 1.59. The summed E-state index contributed by atoms with van der Waals surface area (Å²) in [4.78, 5) is 54.9. The number of thiazole rings is 1. The molecule has 5 amide bonds. The summed E-state index contributed by atoms with van der Waals surface area (Å²) in [6, 6.07) is 6.86. The first kappa shape index (κ1) is 20.7. The van der Waals surface area contributed by atoms with E-state index in [-0.39, 0.29) is 25.4 Å². The van der Waals surface area contributed by atoms with E-state index in [9.17, 15) is 19.2 Å². The Hall–Kier alpha value is -3.07. The van der Waals surface area contributed by atoms with Gasteiger partial charge in [0.2, 0.25) is 5.91 Å². The lowest BCUT2D eigenvalue weighted by Crippen LogP contribution is -2.33. The van der Waals surface area contributed by atoms with Gasteiger partial charge in [0, 0.05) is 17.6 Å². The molecule has 1 aliphatic heterocycles. The van der Waals surface area contributed by atoms with Gasteiger partial charge in [0.05, 0.1) is 18.7 Å². The zero-order valence-electron chi connectivity index (χ0n) is 16.3. The van der Waals surface area contributed by atoms with Crippen LogP contribution in [0.3, 0.4) is 0 Å². The van der Waals surface area contributed by atoms with Crippen molar-refractivity contribution in [3.63, 3.8) is 0 Å². The fraction of sp³-hybridized carbons (Fsp3) is 0.350. The number of hydrogen-bond acceptors (Lipinski definition) is 6. The molecule has 1 aliphatic rings. The monoisotopic (exact) mass is 414 g/mol. The van der Waals surface area contributed by atoms with Crippen LogP contribution >= 0.6 is 11.3 Å². The van der Waals surface area contributed by atoms with E-state index in [0.717, 1.165) is 21.8 Å². The highest BCUT2D eigenvalue weighted by atomic mass is 32.1. The zero-order chi connectivity index (χ0) is 21.0. The Morgan fingerprint density at radius 1 is 1.10 bits per heavy atom. The predicted molar refractivity (Wildman–Crippen MR) is 108 cm³/mol. The molecule has 0 atom stereocenters. The van der Waals surface area contributed by atoms with Crippen LogP contribution in [0.15, 0.2) is 29.6 Å². The molecule has 1 N–H and O–H groups in total. The summed E-state index contributed by atoms with van der Waals surface area (Å²) in [5.74, 6) is -1.84. The number of rotatable bonds is 8. The molecule has 1 saturated heterocycles. The lowest BCUT2D eigenvalue weighted by atomic mass is 10.2. The lowest BCUT2D eigenvalue weighted by molar-refractivity contribution is -0.143. The summed E-state index contributed by atoms with van der Waals surface area (Å²) in [7, 11) is 0. The highest BCUT2D eigenvalue weighted by molar-refractivity contribution is 7.09. The molecule has 8 nitrogen and oxygen atoms in total. The van der Waals surface area contributed by atoms with E-state index in [4.69, 9.17) is 0 Å². The fourth-order valence-electron chi connectivity index (χ4n) is 2.85. The van der Waals surface area contributed by atoms with Gasteiger partial charge in [-0.15, -0.1) is 11.3 Å². The Morgan fingerprint density at radius 2 is 1.79 bits per heavy atom. The Morgan fingerprint density at radius 3 is 2.48 bits per heavy atom. The van der Waals surface area contributed by atoms with Gasteiger partial charge < -0.3 is 5.32 Å². The topological polar surface area (TPSA) is 99.7 Å². The van der Waals surface area contributed by atoms with Crippen molar-refractivity contribution in [3.8, 4) is 0 Å². The van der Waals surface area contributed by atoms with Gasteiger partial charge in [-0.3, -0.25) is 19.3 Å². The number of imide groups is 2. The predicted octanol–water partition coefficient (Wildman–Crippen LogP) is 2.72. The summed E-state index contributed by atoms with van der Waals surface area (Å²) in [6.45, 7) is 4.06. The largest absolute Gasteiger partial charge is 0.334 e. The Kier molecular flexibility index (Phi) is 6.38. The third-order valence-corrected chi connectivity index (χ3v) is 5.33. The highest BCUT2D eigenvalue weighted by Gasteiger charge is 2.44. The smallest absolute Gasteiger partial charge is 0.326 e. The molecule has 0 unspecified atom stereocenters. The number of benzene rings is 1. The standard InChI is InChI=1S/C20H22N4O4S/c1-3-4-9-23-18(26)19(27)24(20(23)28)11-15-12-29-17(22-15)10-16(25)21-14-7-5-13(2)6-8-14/h5-8,12H,3-4,9-11H2,1-2H3,(H,21,25). The van der Waals surface area contributed by atoms with E-state index in [2.05, 4.69) is 10.3 Å². The lowest BCUT2D eigenvalue weighted by Gasteiger charge is -2.14. The average molecular weight is 414 g/mol. The molecule has 2 aromatic rings. The molecule has 3 rings (SSSR count). The van der Waals surface area contributed by atoms with Crippen LogP contribution in [-0.4, -0.2) is 45.1 Å². The van der Waals surface area contributed by atoms with E-state index in [1.165, 1.54) is 11.3 Å². The number of hydrogen-bond donors (Lipinski definition) is 1. The summed E-state index contributed by atoms with van der Waals surface area (Å²) >= 11 is 1.27. The Labute approximate surface area is 172 Å². The maximum absolute atomic E-state index is 12.4. The number of aromatic nitrogens is 1. The molecule has 9 heteroatoms. The molecule has 2 heterocycles. The van der Waals surface area contributed by atoms with Crippen molar-refractivity contribution in [1.82, 2.24) is 14.8 Å². The number of unbranched alkanes of at least 4 members (excludes halogenated alkanes) is 1. The number of carbonyl (C=O) groups is 4. The molecule has 0 bridgehead atoms. The second-order valence-electron chi connectivity index (χ2n) is 6.81. The molecule has 0 spiro atoms. The first-order valence-electron chi connectivity index (χ1n) is 9.36.